The number of fused-ring (bicyclic) bond motifs is 1. The molecule has 0 spiro atoms. The Balaban J connectivity index is 1.82. The molecule has 10 heteroatoms. The van der Waals surface area contributed by atoms with Crippen molar-refractivity contribution >= 4 is 35.1 Å². The molecule has 0 amide bonds. The summed E-state index contributed by atoms with van der Waals surface area (Å²) in [5.74, 6) is -2.85. The fraction of sp³-hybridized carbons (Fsp3) is 0.692. The van der Waals surface area contributed by atoms with Gasteiger partial charge >= 0.3 is 11.9 Å². The van der Waals surface area contributed by atoms with Crippen LogP contribution in [0.15, 0.2) is 11.0 Å². The molecule has 0 radical (unpaired) electrons. The van der Waals surface area contributed by atoms with Gasteiger partial charge in [-0.25, -0.2) is 9.78 Å². The number of hydrogen-bond acceptors (Lipinski definition) is 9. The van der Waals surface area contributed by atoms with Crippen molar-refractivity contribution in [2.75, 3.05) is 0 Å². The van der Waals surface area contributed by atoms with Crippen LogP contribution in [0.1, 0.15) is 82.2 Å². The molecule has 2 fully saturated rings. The van der Waals surface area contributed by atoms with Gasteiger partial charge in [0.15, 0.2) is 0 Å². The molecule has 1 aromatic heterocycles. The quantitative estimate of drug-likeness (QED) is 0.400. The van der Waals surface area contributed by atoms with E-state index in [1.165, 1.54) is 0 Å². The molecule has 2 aliphatic heterocycles. The molecule has 9 nitrogen and oxygen atoms in total. The zero-order valence-electron chi connectivity index (χ0n) is 21.5. The molecule has 0 bridgehead atoms. The first-order valence-electron chi connectivity index (χ1n) is 12.4. The lowest BCUT2D eigenvalue weighted by Crippen LogP contribution is -2.45. The van der Waals surface area contributed by atoms with Crippen LogP contribution in [-0.2, 0) is 19.1 Å². The van der Waals surface area contributed by atoms with Gasteiger partial charge in [0.05, 0.1) is 41.9 Å². The van der Waals surface area contributed by atoms with Gasteiger partial charge in [-0.3, -0.25) is 9.59 Å². The number of carboxylic acids is 1. The van der Waals surface area contributed by atoms with Gasteiger partial charge in [0.2, 0.25) is 5.01 Å². The lowest BCUT2D eigenvalue weighted by Gasteiger charge is -2.34. The monoisotopic (exact) mass is 523 g/mol. The molecule has 36 heavy (non-hydrogen) atoms. The summed E-state index contributed by atoms with van der Waals surface area (Å²) in [6.45, 7) is 8.53. The Hall–Kier alpha value is -2.14. The zero-order valence-corrected chi connectivity index (χ0v) is 22.3. The summed E-state index contributed by atoms with van der Waals surface area (Å²) in [6.07, 6.45) is 1.23. The minimum Gasteiger partial charge on any atom is -0.476 e. The number of cyclic esters (lactones) is 1. The van der Waals surface area contributed by atoms with Gasteiger partial charge in [-0.15, -0.1) is 11.3 Å². The molecule has 200 valence electrons. The van der Waals surface area contributed by atoms with Crippen LogP contribution >= 0.6 is 11.3 Å². The molecule has 3 rings (SSSR count). The molecular formula is C26H37NO8S. The Kier molecular flexibility index (Phi) is 9.08. The lowest BCUT2D eigenvalue weighted by atomic mass is 9.73. The predicted octanol–water partition coefficient (Wildman–Crippen LogP) is 3.48. The van der Waals surface area contributed by atoms with Gasteiger partial charge in [0.1, 0.15) is 11.9 Å². The van der Waals surface area contributed by atoms with E-state index >= 15 is 0 Å². The number of rotatable bonds is 3. The third kappa shape index (κ3) is 6.79. The highest BCUT2D eigenvalue weighted by molar-refractivity contribution is 7.11. The summed E-state index contributed by atoms with van der Waals surface area (Å²) in [5.41, 5.74) is -0.120. The number of carboxylic acid groups (broad SMARTS) is 1. The minimum atomic E-state index is -1.29. The summed E-state index contributed by atoms with van der Waals surface area (Å²) in [5, 5.41) is 32.3. The molecule has 1 aromatic rings. The van der Waals surface area contributed by atoms with Gasteiger partial charge in [-0.2, -0.15) is 0 Å². The van der Waals surface area contributed by atoms with E-state index in [4.69, 9.17) is 14.6 Å². The second-order valence-electron chi connectivity index (χ2n) is 10.7. The number of aliphatic hydroxyl groups excluding tert-OH is 2. The number of hydrogen-bond donors (Lipinski definition) is 3. The van der Waals surface area contributed by atoms with Crippen molar-refractivity contribution < 1.29 is 39.2 Å². The maximum atomic E-state index is 13.2. The highest BCUT2D eigenvalue weighted by Crippen LogP contribution is 2.36. The van der Waals surface area contributed by atoms with Crippen LogP contribution in [0.25, 0.3) is 6.08 Å². The third-order valence-corrected chi connectivity index (χ3v) is 8.33. The molecule has 0 aromatic carbocycles. The summed E-state index contributed by atoms with van der Waals surface area (Å²) < 4.78 is 11.6. The highest BCUT2D eigenvalue weighted by Gasteiger charge is 2.44. The number of carbonyl (C=O) groups excluding carboxylic acids is 2. The maximum absolute atomic E-state index is 13.2. The number of Topliss-reactive ketones (excluding diaryl/α,β-unsaturated/α-hetero) is 1. The zero-order chi connectivity index (χ0) is 26.8. The minimum absolute atomic E-state index is 0.0257. The van der Waals surface area contributed by atoms with E-state index in [1.54, 1.807) is 39.2 Å². The fourth-order valence-electron chi connectivity index (χ4n) is 4.79. The standard InChI is InChI=1S/C26H37NO8S/c1-13-7-6-8-17-19(34-17)10-18(14(2)9-16-12-36-24(27-16)25(32)33)35-21(29)11-20(28)26(4,5)23(31)15(3)22(13)30/h9,12-13,15,17-20,22,28,30H,6-8,10-11H2,1-5H3,(H,32,33). The Morgan fingerprint density at radius 3 is 2.53 bits per heavy atom. The van der Waals surface area contributed by atoms with Gasteiger partial charge < -0.3 is 24.8 Å². The van der Waals surface area contributed by atoms with E-state index in [2.05, 4.69) is 4.98 Å². The van der Waals surface area contributed by atoms with Gasteiger partial charge in [-0.05, 0) is 37.3 Å². The van der Waals surface area contributed by atoms with Crippen LogP contribution < -0.4 is 0 Å². The first-order valence-corrected chi connectivity index (χ1v) is 13.3. The SMILES string of the molecule is CC(=Cc1csc(C(=O)O)n1)C1CC2OC2CCCC(C)C(O)C(C)C(=O)C(C)(C)C(O)CC(=O)O1. The number of thiazole rings is 1. The number of aliphatic hydroxyl groups is 2. The molecule has 7 atom stereocenters. The van der Waals surface area contributed by atoms with Crippen molar-refractivity contribution in [3.05, 3.63) is 21.7 Å². The lowest BCUT2D eigenvalue weighted by molar-refractivity contribution is -0.154. The first kappa shape index (κ1) is 28.4. The molecule has 0 aliphatic carbocycles. The summed E-state index contributed by atoms with van der Waals surface area (Å²) in [6, 6.07) is 0. The number of aromatic nitrogens is 1. The van der Waals surface area contributed by atoms with Crippen molar-refractivity contribution in [3.8, 4) is 0 Å². The second kappa shape index (κ2) is 11.5. The van der Waals surface area contributed by atoms with E-state index in [0.717, 1.165) is 30.6 Å². The van der Waals surface area contributed by atoms with E-state index in [0.29, 0.717) is 17.7 Å². The predicted molar refractivity (Wildman–Crippen MR) is 133 cm³/mol. The first-order chi connectivity index (χ1) is 16.8. The van der Waals surface area contributed by atoms with Gasteiger partial charge in [0, 0.05) is 17.7 Å². The van der Waals surface area contributed by atoms with Crippen LogP contribution in [0.2, 0.25) is 0 Å². The molecule has 0 saturated carbocycles. The second-order valence-corrected chi connectivity index (χ2v) is 11.5. The normalized spacial score (nSPS) is 34.5. The van der Waals surface area contributed by atoms with Crippen LogP contribution in [0.4, 0.5) is 0 Å². The number of ether oxygens (including phenoxy) is 2. The Morgan fingerprint density at radius 2 is 1.89 bits per heavy atom. The average molecular weight is 524 g/mol. The van der Waals surface area contributed by atoms with E-state index in [-0.39, 0.29) is 35.3 Å². The van der Waals surface area contributed by atoms with Crippen LogP contribution in [0.3, 0.4) is 0 Å². The molecule has 2 saturated heterocycles. The van der Waals surface area contributed by atoms with Gasteiger partial charge in [-0.1, -0.05) is 34.1 Å². The molecule has 3 heterocycles. The van der Waals surface area contributed by atoms with Crippen molar-refractivity contribution in [1.29, 1.82) is 0 Å². The van der Waals surface area contributed by atoms with E-state index in [9.17, 15) is 24.6 Å². The maximum Gasteiger partial charge on any atom is 0.365 e. The number of ketones is 1. The third-order valence-electron chi connectivity index (χ3n) is 7.48. The van der Waals surface area contributed by atoms with Crippen LogP contribution in [0.5, 0.6) is 0 Å². The molecular weight excluding hydrogens is 486 g/mol. The topological polar surface area (TPSA) is 147 Å². The summed E-state index contributed by atoms with van der Waals surface area (Å²) in [7, 11) is 0. The number of epoxide rings is 1. The number of esters is 1. The largest absolute Gasteiger partial charge is 0.476 e. The van der Waals surface area contributed by atoms with Crippen LogP contribution in [-0.4, -0.2) is 68.5 Å². The number of nitrogens with zero attached hydrogens (tertiary/aromatic N) is 1. The van der Waals surface area contributed by atoms with Crippen molar-refractivity contribution in [2.24, 2.45) is 17.3 Å². The number of carbonyl (C=O) groups is 3. The van der Waals surface area contributed by atoms with E-state index < -0.39 is 41.6 Å². The Labute approximate surface area is 215 Å². The summed E-state index contributed by atoms with van der Waals surface area (Å²) >= 11 is 1.01. The van der Waals surface area contributed by atoms with Crippen molar-refractivity contribution in [3.63, 3.8) is 0 Å². The highest BCUT2D eigenvalue weighted by atomic mass is 32.1. The fourth-order valence-corrected chi connectivity index (χ4v) is 5.40. The van der Waals surface area contributed by atoms with Crippen LogP contribution in [0, 0.1) is 17.3 Å². The van der Waals surface area contributed by atoms with Crippen molar-refractivity contribution in [1.82, 2.24) is 4.98 Å². The smallest absolute Gasteiger partial charge is 0.365 e. The van der Waals surface area contributed by atoms with E-state index in [1.807, 2.05) is 6.92 Å². The molecule has 3 N–H and O–H groups in total. The van der Waals surface area contributed by atoms with Crippen molar-refractivity contribution in [2.45, 2.75) is 97.2 Å². The average Bonchev–Trinajstić information content (AvgIpc) is 3.36. The number of aromatic carboxylic acids is 1. The molecule has 7 unspecified atom stereocenters. The summed E-state index contributed by atoms with van der Waals surface area (Å²) in [4.78, 5) is 41.2. The van der Waals surface area contributed by atoms with Gasteiger partial charge in [0.25, 0.3) is 0 Å². The molecule has 2 aliphatic rings. The Morgan fingerprint density at radius 1 is 1.19 bits per heavy atom. The Bertz CT molecular complexity index is 1000.